The molecule has 0 aliphatic carbocycles. The topological polar surface area (TPSA) is 259 Å². The van der Waals surface area contributed by atoms with E-state index in [1.165, 1.54) is 0 Å². The molecule has 8 heterocycles. The number of benzene rings is 2. The maximum absolute atomic E-state index is 13.2. The molecule has 0 saturated carbocycles. The molecule has 21 heteroatoms. The van der Waals surface area contributed by atoms with Gasteiger partial charge >= 0.3 is 0 Å². The van der Waals surface area contributed by atoms with Gasteiger partial charge in [-0.25, -0.2) is 19.9 Å². The fourth-order valence-corrected chi connectivity index (χ4v) is 9.13. The second-order valence-electron chi connectivity index (χ2n) is 21.1. The Morgan fingerprint density at radius 3 is 1.68 bits per heavy atom. The summed E-state index contributed by atoms with van der Waals surface area (Å²) in [5.74, 6) is 1.83. The molecule has 75 heavy (non-hydrogen) atoms. The van der Waals surface area contributed by atoms with Crippen molar-refractivity contribution in [1.82, 2.24) is 70.1 Å². The lowest BCUT2D eigenvalue weighted by atomic mass is 9.87. The Labute approximate surface area is 435 Å². The van der Waals surface area contributed by atoms with Gasteiger partial charge in [0.1, 0.15) is 0 Å². The average molecular weight is 1020 g/mol. The molecule has 2 atom stereocenters. The first-order chi connectivity index (χ1) is 35.9. The third kappa shape index (κ3) is 12.9. The highest BCUT2D eigenvalue weighted by atomic mass is 16.4. The summed E-state index contributed by atoms with van der Waals surface area (Å²) in [6.07, 6.45) is 12.9. The number of β-amino-alcohol motifs (C(OH)–C–C–N with tert-alkyl or cyclic N) is 1. The Balaban J connectivity index is 0.000000184. The van der Waals surface area contributed by atoms with Crippen molar-refractivity contribution in [2.24, 2.45) is 14.1 Å². The third-order valence-electron chi connectivity index (χ3n) is 13.1. The van der Waals surface area contributed by atoms with Crippen LogP contribution in [0.2, 0.25) is 0 Å². The van der Waals surface area contributed by atoms with Crippen molar-refractivity contribution >= 4 is 34.8 Å². The van der Waals surface area contributed by atoms with Crippen LogP contribution in [0, 0.1) is 0 Å². The van der Waals surface area contributed by atoms with Crippen LogP contribution in [0.5, 0.6) is 0 Å². The summed E-state index contributed by atoms with van der Waals surface area (Å²) < 4.78 is 14.8. The van der Waals surface area contributed by atoms with Crippen molar-refractivity contribution in [2.45, 2.75) is 103 Å². The van der Waals surface area contributed by atoms with E-state index in [-0.39, 0.29) is 59.0 Å². The molecule has 0 radical (unpaired) electrons. The number of rotatable bonds is 14. The van der Waals surface area contributed by atoms with Crippen LogP contribution >= 0.6 is 0 Å². The summed E-state index contributed by atoms with van der Waals surface area (Å²) >= 11 is 0. The number of carbonyl (C=O) groups excluding carboxylic acids is 2. The van der Waals surface area contributed by atoms with Crippen molar-refractivity contribution in [3.05, 3.63) is 132 Å². The standard InChI is InChI=1S/C28H34N8O3.C26H30N8O2/c1-28(2,3)26-34-33-25(39-26)24(38)14-18-8-10-36(11-12-37)16-20-13-19(5-6-22(18)20)23-7-9-29-27(32-23)31-21-15-30-35(4)17-21;1-26(2,3)24-33-32-23(36-24)22(35)12-16-7-9-27-13-18-11-17(5-6-20(16)18)21-8-10-28-25(31-21)30-19-14-29-34(4)15-19/h5-7,9,13,15,17-18,37H,8,10-12,14,16H2,1-4H3,(H,29,31,32);5-6,8,10-11,14-16,27H,7,9,12-13H2,1-4H3,(H,28,30,31). The first-order valence-electron chi connectivity index (χ1n) is 25.2. The van der Waals surface area contributed by atoms with E-state index in [2.05, 4.69) is 96.7 Å². The minimum absolute atomic E-state index is 0.0107. The summed E-state index contributed by atoms with van der Waals surface area (Å²) in [7, 11) is 3.71. The summed E-state index contributed by atoms with van der Waals surface area (Å²) in [6.45, 7) is 15.5. The van der Waals surface area contributed by atoms with Crippen LogP contribution in [0.25, 0.3) is 22.5 Å². The van der Waals surface area contributed by atoms with Gasteiger partial charge in [-0.3, -0.25) is 23.9 Å². The van der Waals surface area contributed by atoms with Crippen molar-refractivity contribution in [3.63, 3.8) is 0 Å². The zero-order chi connectivity index (χ0) is 52.9. The molecule has 10 rings (SSSR count). The number of anilines is 4. The molecule has 0 amide bonds. The van der Waals surface area contributed by atoms with E-state index in [1.807, 2.05) is 86.2 Å². The van der Waals surface area contributed by atoms with E-state index >= 15 is 0 Å². The van der Waals surface area contributed by atoms with Gasteiger partial charge in [-0.05, 0) is 84.3 Å². The number of aryl methyl sites for hydroxylation is 2. The molecule has 2 aliphatic heterocycles. The van der Waals surface area contributed by atoms with E-state index < -0.39 is 0 Å². The van der Waals surface area contributed by atoms with Gasteiger partial charge in [-0.1, -0.05) is 65.8 Å². The van der Waals surface area contributed by atoms with Crippen molar-refractivity contribution in [1.29, 1.82) is 0 Å². The lowest BCUT2D eigenvalue weighted by molar-refractivity contribution is 0.0927. The Hall–Kier alpha value is -7.88. The third-order valence-corrected chi connectivity index (χ3v) is 13.1. The molecule has 2 aromatic carbocycles. The Kier molecular flexibility index (Phi) is 15.5. The second kappa shape index (κ2) is 22.3. The van der Waals surface area contributed by atoms with Gasteiger partial charge in [0.15, 0.2) is 0 Å². The van der Waals surface area contributed by atoms with Gasteiger partial charge in [0.05, 0.1) is 41.8 Å². The maximum Gasteiger partial charge on any atom is 0.284 e. The van der Waals surface area contributed by atoms with Crippen molar-refractivity contribution in [3.8, 4) is 22.5 Å². The predicted octanol–water partition coefficient (Wildman–Crippen LogP) is 8.01. The number of nitrogens with one attached hydrogen (secondary N) is 3. The Morgan fingerprint density at radius 2 is 1.20 bits per heavy atom. The summed E-state index contributed by atoms with van der Waals surface area (Å²) in [5.41, 5.74) is 9.10. The van der Waals surface area contributed by atoms with E-state index in [0.717, 1.165) is 88.6 Å². The molecule has 0 spiro atoms. The number of hydrogen-bond acceptors (Lipinski definition) is 19. The van der Waals surface area contributed by atoms with E-state index in [0.29, 0.717) is 43.2 Å². The van der Waals surface area contributed by atoms with Crippen LogP contribution in [0.3, 0.4) is 0 Å². The highest BCUT2D eigenvalue weighted by Crippen LogP contribution is 2.36. The quantitative estimate of drug-likeness (QED) is 0.0752. The van der Waals surface area contributed by atoms with E-state index in [1.54, 1.807) is 34.2 Å². The Bertz CT molecular complexity index is 3270. The van der Waals surface area contributed by atoms with Gasteiger partial charge < -0.3 is 29.9 Å². The van der Waals surface area contributed by atoms with Crippen molar-refractivity contribution in [2.75, 3.05) is 36.9 Å². The fraction of sp³-hybridized carbons (Fsp3) is 0.407. The second-order valence-corrected chi connectivity index (χ2v) is 21.1. The normalized spacial score (nSPS) is 16.0. The number of aromatic nitrogens is 12. The van der Waals surface area contributed by atoms with Crippen LogP contribution in [-0.4, -0.2) is 108 Å². The molecule has 6 aromatic heterocycles. The molecular weight excluding hydrogens is 953 g/mol. The minimum atomic E-state index is -0.323. The van der Waals surface area contributed by atoms with Crippen LogP contribution < -0.4 is 16.0 Å². The smallest absolute Gasteiger partial charge is 0.284 e. The predicted molar refractivity (Wildman–Crippen MR) is 281 cm³/mol. The van der Waals surface area contributed by atoms with E-state index in [4.69, 9.17) is 13.8 Å². The van der Waals surface area contributed by atoms with Crippen LogP contribution in [0.1, 0.15) is 134 Å². The molecule has 0 fully saturated rings. The van der Waals surface area contributed by atoms with Gasteiger partial charge in [0, 0.05) is 93.3 Å². The van der Waals surface area contributed by atoms with E-state index in [9.17, 15) is 14.7 Å². The van der Waals surface area contributed by atoms with Crippen LogP contribution in [0.4, 0.5) is 23.3 Å². The lowest BCUT2D eigenvalue weighted by Crippen LogP contribution is -2.26. The van der Waals surface area contributed by atoms with Crippen LogP contribution in [-0.2, 0) is 38.0 Å². The zero-order valence-corrected chi connectivity index (χ0v) is 43.7. The number of ketones is 2. The molecule has 2 unspecified atom stereocenters. The summed E-state index contributed by atoms with van der Waals surface area (Å²) in [6, 6.07) is 16.3. The van der Waals surface area contributed by atoms with Crippen LogP contribution in [0.15, 0.2) is 94.5 Å². The molecular formula is C54H64N16O5. The summed E-state index contributed by atoms with van der Waals surface area (Å²) in [5, 5.41) is 44.0. The summed E-state index contributed by atoms with van der Waals surface area (Å²) in [4.78, 5) is 46.5. The zero-order valence-electron chi connectivity index (χ0n) is 43.7. The average Bonchev–Trinajstić information content (AvgIpc) is 4.21. The van der Waals surface area contributed by atoms with Crippen molar-refractivity contribution < 1.29 is 23.5 Å². The molecule has 390 valence electrons. The number of carbonyl (C=O) groups is 2. The number of hydrogen-bond donors (Lipinski definition) is 4. The minimum Gasteiger partial charge on any atom is -0.418 e. The van der Waals surface area contributed by atoms with Gasteiger partial charge in [-0.15, -0.1) is 20.4 Å². The first kappa shape index (κ1) is 52.0. The molecule has 2 aliphatic rings. The van der Waals surface area contributed by atoms with Gasteiger partial charge in [0.2, 0.25) is 35.2 Å². The number of fused-ring (bicyclic) bond motifs is 2. The SMILES string of the molecule is Cn1cc(Nc2nccc(-c3ccc4c(c3)CN(CCO)CCC4CC(=O)c3nnc(C(C)(C)C)o3)n2)cn1.Cn1cc(Nc2nccc(-c3ccc4c(c3)CNCCC4CC(=O)c3nnc(C(C)(C)C)o3)n2)cn1. The first-order valence-corrected chi connectivity index (χ1v) is 25.2. The number of aliphatic hydroxyl groups is 1. The molecule has 0 saturated heterocycles. The van der Waals surface area contributed by atoms with Gasteiger partial charge in [-0.2, -0.15) is 10.2 Å². The number of Topliss-reactive ketones (excluding diaryl/α,β-unsaturated/α-hetero) is 2. The molecule has 4 N–H and O–H groups in total. The highest BCUT2D eigenvalue weighted by molar-refractivity contribution is 5.92. The highest BCUT2D eigenvalue weighted by Gasteiger charge is 2.31. The lowest BCUT2D eigenvalue weighted by Gasteiger charge is -2.19. The number of nitrogens with zero attached hydrogens (tertiary/aromatic N) is 13. The molecule has 0 bridgehead atoms. The monoisotopic (exact) mass is 1020 g/mol. The molecule has 8 aromatic rings. The molecule has 21 nitrogen and oxygen atoms in total. The largest absolute Gasteiger partial charge is 0.418 e. The number of aliphatic hydroxyl groups excluding tert-OH is 1. The maximum atomic E-state index is 13.2. The Morgan fingerprint density at radius 1 is 0.693 bits per heavy atom. The van der Waals surface area contributed by atoms with Gasteiger partial charge in [0.25, 0.3) is 11.8 Å². The fourth-order valence-electron chi connectivity index (χ4n) is 9.13.